The van der Waals surface area contributed by atoms with Crippen molar-refractivity contribution in [2.45, 2.75) is 51.4 Å². The Kier molecular flexibility index (Phi) is 7.59. The van der Waals surface area contributed by atoms with Gasteiger partial charge in [0.2, 0.25) is 11.8 Å². The van der Waals surface area contributed by atoms with Gasteiger partial charge in [-0.1, -0.05) is 31.0 Å². The highest BCUT2D eigenvalue weighted by Gasteiger charge is 2.30. The van der Waals surface area contributed by atoms with Crippen molar-refractivity contribution in [3.05, 3.63) is 54.1 Å². The zero-order chi connectivity index (χ0) is 24.9. The normalized spacial score (nSPS) is 17.2. The first-order valence-electron chi connectivity index (χ1n) is 13.4. The summed E-state index contributed by atoms with van der Waals surface area (Å²) in [4.78, 5) is 33.8. The molecule has 0 radical (unpaired) electrons. The van der Waals surface area contributed by atoms with Gasteiger partial charge in [0, 0.05) is 55.1 Å². The summed E-state index contributed by atoms with van der Waals surface area (Å²) in [6, 6.07) is 16.3. The molecule has 3 aromatic rings. The third-order valence-corrected chi connectivity index (χ3v) is 7.90. The highest BCUT2D eigenvalue weighted by molar-refractivity contribution is 5.91. The fourth-order valence-electron chi connectivity index (χ4n) is 5.78. The molecule has 2 aromatic carbocycles. The zero-order valence-corrected chi connectivity index (χ0v) is 21.3. The maximum Gasteiger partial charge on any atom is 0.225 e. The minimum absolute atomic E-state index is 0.0717. The fraction of sp³-hybridized carbons (Fsp3) is 0.467. The maximum absolute atomic E-state index is 13.2. The van der Waals surface area contributed by atoms with Crippen molar-refractivity contribution in [3.8, 4) is 17.0 Å². The fourth-order valence-corrected chi connectivity index (χ4v) is 5.78. The molecule has 36 heavy (non-hydrogen) atoms. The Morgan fingerprint density at radius 1 is 0.889 bits per heavy atom. The summed E-state index contributed by atoms with van der Waals surface area (Å²) in [6.45, 7) is 3.17. The molecule has 2 amide bonds. The van der Waals surface area contributed by atoms with E-state index in [2.05, 4.69) is 34.1 Å². The molecule has 1 N–H and O–H groups in total. The Labute approximate surface area is 213 Å². The number of amides is 2. The smallest absolute Gasteiger partial charge is 0.225 e. The maximum atomic E-state index is 13.2. The number of carbonyl (C=O) groups excluding carboxylic acids is 2. The van der Waals surface area contributed by atoms with Crippen molar-refractivity contribution in [2.75, 3.05) is 33.3 Å². The molecule has 6 nitrogen and oxygen atoms in total. The van der Waals surface area contributed by atoms with Gasteiger partial charge in [-0.3, -0.25) is 9.59 Å². The Morgan fingerprint density at radius 2 is 1.58 bits per heavy atom. The number of aromatic amines is 1. The number of aryl methyl sites for hydroxylation is 1. The van der Waals surface area contributed by atoms with E-state index in [-0.39, 0.29) is 11.8 Å². The standard InChI is InChI=1S/C30H37N3O3/c1-36-24-12-10-22(11-13-24)29-26(25-8-4-5-9-27(25)31-29)14-15-28(34)32-20-16-23(17-21-32)30(35)33-18-6-2-3-7-19-33/h4-5,8-13,23,31H,2-3,6-7,14-21H2,1H3. The van der Waals surface area contributed by atoms with E-state index in [4.69, 9.17) is 4.74 Å². The van der Waals surface area contributed by atoms with Crippen LogP contribution in [0.5, 0.6) is 5.75 Å². The summed E-state index contributed by atoms with van der Waals surface area (Å²) in [6.07, 6.45) is 7.41. The second kappa shape index (κ2) is 11.2. The third-order valence-electron chi connectivity index (χ3n) is 7.90. The Bertz CT molecular complexity index is 1180. The highest BCUT2D eigenvalue weighted by atomic mass is 16.5. The number of nitrogens with zero attached hydrogens (tertiary/aromatic N) is 2. The van der Waals surface area contributed by atoms with Gasteiger partial charge in [-0.2, -0.15) is 0 Å². The second-order valence-corrected chi connectivity index (χ2v) is 10.1. The number of carbonyl (C=O) groups is 2. The van der Waals surface area contributed by atoms with E-state index >= 15 is 0 Å². The van der Waals surface area contributed by atoms with Crippen LogP contribution < -0.4 is 4.74 Å². The SMILES string of the molecule is COc1ccc(-c2[nH]c3ccccc3c2CCC(=O)N2CCC(C(=O)N3CCCCCC3)CC2)cc1. The van der Waals surface area contributed by atoms with Gasteiger partial charge in [-0.25, -0.2) is 0 Å². The number of para-hydroxylation sites is 1. The first-order valence-corrected chi connectivity index (χ1v) is 13.4. The molecule has 0 saturated carbocycles. The predicted molar refractivity (Wildman–Crippen MR) is 143 cm³/mol. The van der Waals surface area contributed by atoms with E-state index in [1.165, 1.54) is 18.4 Å². The van der Waals surface area contributed by atoms with Crippen molar-refractivity contribution >= 4 is 22.7 Å². The number of hydrogen-bond acceptors (Lipinski definition) is 3. The molecule has 2 aliphatic rings. The number of nitrogens with one attached hydrogen (secondary N) is 1. The largest absolute Gasteiger partial charge is 0.497 e. The molecule has 5 rings (SSSR count). The van der Waals surface area contributed by atoms with Gasteiger partial charge in [-0.15, -0.1) is 0 Å². The number of hydrogen-bond donors (Lipinski definition) is 1. The molecule has 0 spiro atoms. The predicted octanol–water partition coefficient (Wildman–Crippen LogP) is 5.42. The van der Waals surface area contributed by atoms with Crippen LogP contribution in [0.4, 0.5) is 0 Å². The van der Waals surface area contributed by atoms with Gasteiger partial charge >= 0.3 is 0 Å². The van der Waals surface area contributed by atoms with Crippen LogP contribution in [-0.2, 0) is 16.0 Å². The number of ether oxygens (including phenoxy) is 1. The van der Waals surface area contributed by atoms with Crippen LogP contribution in [0.1, 0.15) is 50.5 Å². The lowest BCUT2D eigenvalue weighted by Crippen LogP contribution is -2.44. The molecule has 3 heterocycles. The third kappa shape index (κ3) is 5.28. The molecule has 190 valence electrons. The van der Waals surface area contributed by atoms with Crippen LogP contribution in [0.15, 0.2) is 48.5 Å². The summed E-state index contributed by atoms with van der Waals surface area (Å²) in [5.41, 5.74) is 4.41. The molecule has 0 unspecified atom stereocenters. The van der Waals surface area contributed by atoms with Crippen molar-refractivity contribution < 1.29 is 14.3 Å². The minimum Gasteiger partial charge on any atom is -0.497 e. The van der Waals surface area contributed by atoms with E-state index in [1.807, 2.05) is 29.2 Å². The number of benzene rings is 2. The lowest BCUT2D eigenvalue weighted by atomic mass is 9.94. The van der Waals surface area contributed by atoms with E-state index < -0.39 is 0 Å². The highest BCUT2D eigenvalue weighted by Crippen LogP contribution is 2.32. The second-order valence-electron chi connectivity index (χ2n) is 10.1. The molecule has 0 bridgehead atoms. The average molecular weight is 488 g/mol. The molecule has 0 aliphatic carbocycles. The van der Waals surface area contributed by atoms with Gasteiger partial charge in [0.05, 0.1) is 7.11 Å². The van der Waals surface area contributed by atoms with Crippen LogP contribution in [0.3, 0.4) is 0 Å². The van der Waals surface area contributed by atoms with Crippen LogP contribution in [0.2, 0.25) is 0 Å². The monoisotopic (exact) mass is 487 g/mol. The van der Waals surface area contributed by atoms with Crippen molar-refractivity contribution in [2.24, 2.45) is 5.92 Å². The van der Waals surface area contributed by atoms with E-state index in [1.54, 1.807) is 7.11 Å². The molecule has 2 aliphatic heterocycles. The minimum atomic E-state index is 0.0717. The summed E-state index contributed by atoms with van der Waals surface area (Å²) in [7, 11) is 1.67. The molecule has 1 aromatic heterocycles. The van der Waals surface area contributed by atoms with Crippen LogP contribution in [0.25, 0.3) is 22.2 Å². The molecular formula is C30H37N3O3. The number of aromatic nitrogens is 1. The van der Waals surface area contributed by atoms with Crippen LogP contribution >= 0.6 is 0 Å². The van der Waals surface area contributed by atoms with Crippen LogP contribution in [0, 0.1) is 5.92 Å². The molecule has 2 fully saturated rings. The van der Waals surface area contributed by atoms with Crippen molar-refractivity contribution in [1.82, 2.24) is 14.8 Å². The molecule has 0 atom stereocenters. The lowest BCUT2D eigenvalue weighted by molar-refractivity contribution is -0.140. The summed E-state index contributed by atoms with van der Waals surface area (Å²) in [5, 5.41) is 1.16. The zero-order valence-electron chi connectivity index (χ0n) is 21.3. The van der Waals surface area contributed by atoms with Gasteiger partial charge < -0.3 is 19.5 Å². The number of H-pyrrole nitrogens is 1. The van der Waals surface area contributed by atoms with Gasteiger partial charge in [0.15, 0.2) is 0 Å². The average Bonchev–Trinajstić information content (AvgIpc) is 3.09. The Hall–Kier alpha value is -3.28. The number of piperidine rings is 1. The lowest BCUT2D eigenvalue weighted by Gasteiger charge is -2.34. The van der Waals surface area contributed by atoms with Gasteiger partial charge in [0.25, 0.3) is 0 Å². The molecular weight excluding hydrogens is 450 g/mol. The summed E-state index contributed by atoms with van der Waals surface area (Å²) < 4.78 is 5.32. The van der Waals surface area contributed by atoms with Gasteiger partial charge in [0.1, 0.15) is 5.75 Å². The number of methoxy groups -OCH3 is 1. The van der Waals surface area contributed by atoms with E-state index in [0.29, 0.717) is 31.8 Å². The van der Waals surface area contributed by atoms with Crippen molar-refractivity contribution in [3.63, 3.8) is 0 Å². The Morgan fingerprint density at radius 3 is 2.28 bits per heavy atom. The Balaban J connectivity index is 1.23. The quantitative estimate of drug-likeness (QED) is 0.505. The number of rotatable bonds is 6. The first kappa shape index (κ1) is 24.4. The molecule has 6 heteroatoms. The van der Waals surface area contributed by atoms with E-state index in [9.17, 15) is 9.59 Å². The topological polar surface area (TPSA) is 65.6 Å². The van der Waals surface area contributed by atoms with E-state index in [0.717, 1.165) is 66.7 Å². The van der Waals surface area contributed by atoms with Gasteiger partial charge in [-0.05, 0) is 73.6 Å². The first-order chi connectivity index (χ1) is 17.6. The molecule has 2 saturated heterocycles. The summed E-state index contributed by atoms with van der Waals surface area (Å²) in [5.74, 6) is 1.39. The van der Waals surface area contributed by atoms with Crippen molar-refractivity contribution in [1.29, 1.82) is 0 Å². The summed E-state index contributed by atoms with van der Waals surface area (Å²) >= 11 is 0. The number of likely N-dealkylation sites (tertiary alicyclic amines) is 2. The number of fused-ring (bicyclic) bond motifs is 1. The van der Waals surface area contributed by atoms with Crippen LogP contribution in [-0.4, -0.2) is 59.9 Å².